The highest BCUT2D eigenvalue weighted by Gasteiger charge is 2.25. The van der Waals surface area contributed by atoms with Crippen molar-refractivity contribution in [1.29, 1.82) is 0 Å². The van der Waals surface area contributed by atoms with E-state index in [4.69, 9.17) is 4.74 Å². The molecule has 0 N–H and O–H groups in total. The largest absolute Gasteiger partial charge is 0.377 e. The van der Waals surface area contributed by atoms with Gasteiger partial charge in [0.2, 0.25) is 0 Å². The summed E-state index contributed by atoms with van der Waals surface area (Å²) in [5.41, 5.74) is 1.44. The van der Waals surface area contributed by atoms with Gasteiger partial charge < -0.3 is 4.74 Å². The first kappa shape index (κ1) is 10.4. The quantitative estimate of drug-likeness (QED) is 0.601. The predicted molar refractivity (Wildman–Crippen MR) is 67.0 cm³/mol. The zero-order valence-corrected chi connectivity index (χ0v) is 10.3. The highest BCUT2D eigenvalue weighted by atomic mass is 127. The van der Waals surface area contributed by atoms with Gasteiger partial charge in [0, 0.05) is 17.0 Å². The number of ether oxygens (including phenoxy) is 1. The molecule has 0 aliphatic carbocycles. The summed E-state index contributed by atoms with van der Waals surface area (Å²) >= 11 is 2.42. The number of hydrogen-bond donors (Lipinski definition) is 0. The lowest BCUT2D eigenvalue weighted by Crippen LogP contribution is -2.29. The van der Waals surface area contributed by atoms with Crippen LogP contribution in [0.5, 0.6) is 0 Å². The van der Waals surface area contributed by atoms with Gasteiger partial charge in [-0.3, -0.25) is 0 Å². The molecular formula is C12H15IO. The molecule has 1 aromatic carbocycles. The summed E-state index contributed by atoms with van der Waals surface area (Å²) < 4.78 is 6.88. The average molecular weight is 302 g/mol. The standard InChI is InChI=1S/C12H15IO/c13-9-12-11(7-4-8-14-12)10-5-2-1-3-6-10/h1-3,5-6,11-12H,4,7-9H2. The minimum absolute atomic E-state index is 0.423. The molecule has 1 nitrogen and oxygen atoms in total. The molecule has 1 aliphatic rings. The van der Waals surface area contributed by atoms with Gasteiger partial charge in [-0.2, -0.15) is 0 Å². The summed E-state index contributed by atoms with van der Waals surface area (Å²) in [6, 6.07) is 10.8. The Balaban J connectivity index is 2.15. The molecule has 1 heterocycles. The molecule has 2 unspecified atom stereocenters. The Hall–Kier alpha value is -0.0900. The van der Waals surface area contributed by atoms with Crippen molar-refractivity contribution in [3.8, 4) is 0 Å². The van der Waals surface area contributed by atoms with Crippen molar-refractivity contribution in [2.75, 3.05) is 11.0 Å². The van der Waals surface area contributed by atoms with Gasteiger partial charge >= 0.3 is 0 Å². The fraction of sp³-hybridized carbons (Fsp3) is 0.500. The van der Waals surface area contributed by atoms with Crippen molar-refractivity contribution < 1.29 is 4.74 Å². The van der Waals surface area contributed by atoms with Crippen molar-refractivity contribution >= 4 is 22.6 Å². The van der Waals surface area contributed by atoms with Gasteiger partial charge in [-0.05, 0) is 18.4 Å². The van der Waals surface area contributed by atoms with Crippen LogP contribution < -0.4 is 0 Å². The van der Waals surface area contributed by atoms with E-state index in [0.717, 1.165) is 11.0 Å². The maximum atomic E-state index is 5.79. The second kappa shape index (κ2) is 5.12. The first-order chi connectivity index (χ1) is 6.92. The van der Waals surface area contributed by atoms with Crippen LogP contribution in [0.1, 0.15) is 24.3 Å². The lowest BCUT2D eigenvalue weighted by Gasteiger charge is -2.30. The van der Waals surface area contributed by atoms with Gasteiger partial charge in [-0.25, -0.2) is 0 Å². The fourth-order valence-corrected chi connectivity index (χ4v) is 2.94. The Morgan fingerprint density at radius 2 is 2.07 bits per heavy atom. The third kappa shape index (κ3) is 2.28. The lowest BCUT2D eigenvalue weighted by atomic mass is 9.88. The maximum absolute atomic E-state index is 5.79. The topological polar surface area (TPSA) is 9.23 Å². The molecule has 2 rings (SSSR count). The van der Waals surface area contributed by atoms with Crippen LogP contribution in [0.2, 0.25) is 0 Å². The maximum Gasteiger partial charge on any atom is 0.0732 e. The molecule has 2 heteroatoms. The van der Waals surface area contributed by atoms with E-state index in [1.807, 2.05) is 0 Å². The smallest absolute Gasteiger partial charge is 0.0732 e. The minimum Gasteiger partial charge on any atom is -0.377 e. The van der Waals surface area contributed by atoms with Gasteiger partial charge in [-0.1, -0.05) is 52.9 Å². The average Bonchev–Trinajstić information content (AvgIpc) is 2.30. The Kier molecular flexibility index (Phi) is 3.81. The van der Waals surface area contributed by atoms with Crippen LogP contribution in [-0.2, 0) is 4.74 Å². The van der Waals surface area contributed by atoms with Crippen LogP contribution in [0.25, 0.3) is 0 Å². The highest BCUT2D eigenvalue weighted by Crippen LogP contribution is 2.31. The minimum atomic E-state index is 0.423. The van der Waals surface area contributed by atoms with E-state index in [1.54, 1.807) is 0 Å². The van der Waals surface area contributed by atoms with E-state index in [9.17, 15) is 0 Å². The van der Waals surface area contributed by atoms with Crippen LogP contribution in [0, 0.1) is 0 Å². The van der Waals surface area contributed by atoms with Crippen LogP contribution >= 0.6 is 22.6 Å². The van der Waals surface area contributed by atoms with E-state index in [-0.39, 0.29) is 0 Å². The molecule has 0 amide bonds. The number of halogens is 1. The van der Waals surface area contributed by atoms with Crippen molar-refractivity contribution in [3.63, 3.8) is 0 Å². The van der Waals surface area contributed by atoms with Gasteiger partial charge in [0.25, 0.3) is 0 Å². The molecule has 1 fully saturated rings. The molecular weight excluding hydrogens is 287 g/mol. The molecule has 14 heavy (non-hydrogen) atoms. The molecule has 1 aliphatic heterocycles. The van der Waals surface area contributed by atoms with Gasteiger partial charge in [0.05, 0.1) is 6.10 Å². The van der Waals surface area contributed by atoms with Crippen LogP contribution in [-0.4, -0.2) is 17.1 Å². The van der Waals surface area contributed by atoms with Gasteiger partial charge in [-0.15, -0.1) is 0 Å². The van der Waals surface area contributed by atoms with Crippen molar-refractivity contribution in [2.45, 2.75) is 24.9 Å². The molecule has 0 saturated carbocycles. The first-order valence-corrected chi connectivity index (χ1v) is 6.67. The Morgan fingerprint density at radius 3 is 2.79 bits per heavy atom. The number of hydrogen-bond acceptors (Lipinski definition) is 1. The van der Waals surface area contributed by atoms with Crippen LogP contribution in [0.3, 0.4) is 0 Å². The SMILES string of the molecule is ICC1OCCCC1c1ccccc1. The Bertz CT molecular complexity index is 273. The summed E-state index contributed by atoms with van der Waals surface area (Å²) in [6.45, 7) is 0.941. The zero-order chi connectivity index (χ0) is 9.80. The second-order valence-electron chi connectivity index (χ2n) is 3.72. The number of benzene rings is 1. The Labute approximate surface area is 99.0 Å². The second-order valence-corrected chi connectivity index (χ2v) is 4.60. The normalized spacial score (nSPS) is 27.5. The van der Waals surface area contributed by atoms with E-state index in [2.05, 4.69) is 52.9 Å². The van der Waals surface area contributed by atoms with Gasteiger partial charge in [0.1, 0.15) is 0 Å². The molecule has 0 bridgehead atoms. The summed E-state index contributed by atoms with van der Waals surface area (Å²) in [6.07, 6.45) is 2.90. The summed E-state index contributed by atoms with van der Waals surface area (Å²) in [5.74, 6) is 0.613. The summed E-state index contributed by atoms with van der Waals surface area (Å²) in [7, 11) is 0. The van der Waals surface area contributed by atoms with Gasteiger partial charge in [0.15, 0.2) is 0 Å². The summed E-state index contributed by atoms with van der Waals surface area (Å²) in [5, 5.41) is 0. The van der Waals surface area contributed by atoms with Crippen LogP contribution in [0.15, 0.2) is 30.3 Å². The molecule has 1 saturated heterocycles. The third-order valence-corrected chi connectivity index (χ3v) is 3.69. The monoisotopic (exact) mass is 302 g/mol. The van der Waals surface area contributed by atoms with Crippen molar-refractivity contribution in [3.05, 3.63) is 35.9 Å². The van der Waals surface area contributed by atoms with Crippen molar-refractivity contribution in [1.82, 2.24) is 0 Å². The third-order valence-electron chi connectivity index (χ3n) is 2.82. The number of alkyl halides is 1. The van der Waals surface area contributed by atoms with E-state index in [1.165, 1.54) is 18.4 Å². The number of rotatable bonds is 2. The zero-order valence-electron chi connectivity index (χ0n) is 8.16. The molecule has 2 atom stereocenters. The molecule has 0 radical (unpaired) electrons. The molecule has 76 valence electrons. The summed E-state index contributed by atoms with van der Waals surface area (Å²) in [4.78, 5) is 0. The molecule has 0 spiro atoms. The highest BCUT2D eigenvalue weighted by molar-refractivity contribution is 14.1. The Morgan fingerprint density at radius 1 is 1.29 bits per heavy atom. The fourth-order valence-electron chi connectivity index (χ4n) is 2.07. The van der Waals surface area contributed by atoms with E-state index >= 15 is 0 Å². The predicted octanol–water partition coefficient (Wildman–Crippen LogP) is 3.38. The van der Waals surface area contributed by atoms with E-state index in [0.29, 0.717) is 12.0 Å². The first-order valence-electron chi connectivity index (χ1n) is 5.14. The van der Waals surface area contributed by atoms with E-state index < -0.39 is 0 Å². The molecule has 1 aromatic rings. The van der Waals surface area contributed by atoms with Crippen LogP contribution in [0.4, 0.5) is 0 Å². The molecule has 0 aromatic heterocycles. The lowest BCUT2D eigenvalue weighted by molar-refractivity contribution is 0.0164. The van der Waals surface area contributed by atoms with Crippen molar-refractivity contribution in [2.24, 2.45) is 0 Å².